The van der Waals surface area contributed by atoms with Gasteiger partial charge in [-0.2, -0.15) is 0 Å². The molecule has 170 valence electrons. The molecule has 0 aromatic heterocycles. The molecule has 2 aromatic rings. The lowest BCUT2D eigenvalue weighted by Crippen LogP contribution is -2.46. The van der Waals surface area contributed by atoms with E-state index in [-0.39, 0.29) is 17.4 Å². The monoisotopic (exact) mass is 451 g/mol. The van der Waals surface area contributed by atoms with E-state index in [1.807, 2.05) is 42.2 Å². The van der Waals surface area contributed by atoms with Gasteiger partial charge < -0.3 is 19.9 Å². The second-order valence-electron chi connectivity index (χ2n) is 9.00. The van der Waals surface area contributed by atoms with Gasteiger partial charge in [-0.1, -0.05) is 30.3 Å². The van der Waals surface area contributed by atoms with E-state index < -0.39 is 0 Å². The summed E-state index contributed by atoms with van der Waals surface area (Å²) in [5.41, 5.74) is 2.24. The molecular formula is C26H33N3O2S. The molecule has 4 rings (SSSR count). The highest BCUT2D eigenvalue weighted by Crippen LogP contribution is 2.40. The third kappa shape index (κ3) is 5.07. The van der Waals surface area contributed by atoms with Crippen LogP contribution in [0.15, 0.2) is 54.6 Å². The molecule has 2 saturated heterocycles. The average Bonchev–Trinajstić information content (AvgIpc) is 3.24. The third-order valence-electron chi connectivity index (χ3n) is 6.89. The first-order valence-corrected chi connectivity index (χ1v) is 12.0. The Morgan fingerprint density at radius 2 is 1.66 bits per heavy atom. The number of hydrogen-bond acceptors (Lipinski definition) is 3. The van der Waals surface area contributed by atoms with Gasteiger partial charge in [-0.3, -0.25) is 4.79 Å². The first kappa shape index (κ1) is 22.6. The summed E-state index contributed by atoms with van der Waals surface area (Å²) < 4.78 is 5.48. The first-order chi connectivity index (χ1) is 15.5. The quantitative estimate of drug-likeness (QED) is 0.671. The Morgan fingerprint density at radius 1 is 1.03 bits per heavy atom. The van der Waals surface area contributed by atoms with Crippen molar-refractivity contribution >= 4 is 23.2 Å². The van der Waals surface area contributed by atoms with Crippen LogP contribution in [0.2, 0.25) is 0 Å². The normalized spacial score (nSPS) is 18.4. The zero-order valence-electron chi connectivity index (χ0n) is 19.0. The molecule has 6 heteroatoms. The van der Waals surface area contributed by atoms with Gasteiger partial charge in [-0.05, 0) is 80.6 Å². The Hall–Kier alpha value is -2.60. The van der Waals surface area contributed by atoms with Crippen LogP contribution in [0.5, 0.6) is 5.75 Å². The van der Waals surface area contributed by atoms with Crippen LogP contribution < -0.4 is 10.1 Å². The average molecular weight is 452 g/mol. The van der Waals surface area contributed by atoms with Crippen LogP contribution in [0.4, 0.5) is 0 Å². The third-order valence-corrected chi connectivity index (χ3v) is 7.26. The van der Waals surface area contributed by atoms with Crippen LogP contribution in [0.25, 0.3) is 0 Å². The number of nitrogens with one attached hydrogen (secondary N) is 1. The topological polar surface area (TPSA) is 44.8 Å². The Bertz CT molecular complexity index is 924. The number of rotatable bonds is 5. The second kappa shape index (κ2) is 9.90. The molecule has 2 aliphatic rings. The molecule has 0 aliphatic carbocycles. The van der Waals surface area contributed by atoms with E-state index in [2.05, 4.69) is 41.4 Å². The van der Waals surface area contributed by atoms with E-state index in [4.69, 9.17) is 17.0 Å². The van der Waals surface area contributed by atoms with Gasteiger partial charge in [0, 0.05) is 31.7 Å². The van der Waals surface area contributed by atoms with Gasteiger partial charge in [0.25, 0.3) is 5.91 Å². The second-order valence-corrected chi connectivity index (χ2v) is 9.39. The predicted octanol–water partition coefficient (Wildman–Crippen LogP) is 4.65. The molecule has 0 radical (unpaired) electrons. The maximum Gasteiger partial charge on any atom is 0.253 e. The smallest absolute Gasteiger partial charge is 0.253 e. The molecule has 5 nitrogen and oxygen atoms in total. The number of benzene rings is 2. The molecule has 32 heavy (non-hydrogen) atoms. The van der Waals surface area contributed by atoms with Crippen molar-refractivity contribution in [2.45, 2.75) is 39.2 Å². The predicted molar refractivity (Wildman–Crippen MR) is 132 cm³/mol. The van der Waals surface area contributed by atoms with Crippen molar-refractivity contribution in [2.75, 3.05) is 32.8 Å². The number of hydrogen-bond donors (Lipinski definition) is 1. The van der Waals surface area contributed by atoms with Gasteiger partial charge in [-0.25, -0.2) is 0 Å². The zero-order valence-corrected chi connectivity index (χ0v) is 19.9. The van der Waals surface area contributed by atoms with Crippen LogP contribution in [-0.4, -0.2) is 53.6 Å². The van der Waals surface area contributed by atoms with Crippen LogP contribution in [0.3, 0.4) is 0 Å². The molecule has 2 heterocycles. The van der Waals surface area contributed by atoms with Gasteiger partial charge >= 0.3 is 0 Å². The summed E-state index contributed by atoms with van der Waals surface area (Å²) in [5.74, 6) is 0.922. The van der Waals surface area contributed by atoms with Gasteiger partial charge in [0.2, 0.25) is 0 Å². The molecule has 0 saturated carbocycles. The highest BCUT2D eigenvalue weighted by Gasteiger charge is 2.42. The fourth-order valence-corrected chi connectivity index (χ4v) is 5.18. The summed E-state index contributed by atoms with van der Waals surface area (Å²) in [7, 11) is 0. The van der Waals surface area contributed by atoms with E-state index in [0.29, 0.717) is 6.61 Å². The van der Waals surface area contributed by atoms with Crippen molar-refractivity contribution < 1.29 is 9.53 Å². The van der Waals surface area contributed by atoms with Gasteiger partial charge in [0.05, 0.1) is 12.6 Å². The molecule has 1 atom stereocenters. The van der Waals surface area contributed by atoms with E-state index >= 15 is 0 Å². The molecule has 1 amide bonds. The number of likely N-dealkylation sites (tertiary alicyclic amines) is 2. The Kier molecular flexibility index (Phi) is 6.99. The number of carbonyl (C=O) groups excluding carboxylic acids is 1. The van der Waals surface area contributed by atoms with Gasteiger partial charge in [0.15, 0.2) is 5.11 Å². The summed E-state index contributed by atoms with van der Waals surface area (Å²) in [4.78, 5) is 17.3. The summed E-state index contributed by atoms with van der Waals surface area (Å²) in [6, 6.07) is 18.1. The highest BCUT2D eigenvalue weighted by molar-refractivity contribution is 7.80. The molecule has 2 aromatic carbocycles. The summed E-state index contributed by atoms with van der Waals surface area (Å²) in [6.07, 6.45) is 3.20. The maximum atomic E-state index is 12.9. The lowest BCUT2D eigenvalue weighted by molar-refractivity contribution is 0.0598. The minimum atomic E-state index is 0.117. The summed E-state index contributed by atoms with van der Waals surface area (Å²) in [6.45, 7) is 8.31. The molecule has 2 aliphatic heterocycles. The van der Waals surface area contributed by atoms with Crippen molar-refractivity contribution in [3.63, 3.8) is 0 Å². The van der Waals surface area contributed by atoms with Crippen molar-refractivity contribution in [1.82, 2.24) is 15.1 Å². The number of thiocarbonyl (C=S) groups is 1. The zero-order chi connectivity index (χ0) is 22.6. The molecule has 1 unspecified atom stereocenters. The summed E-state index contributed by atoms with van der Waals surface area (Å²) >= 11 is 5.74. The minimum Gasteiger partial charge on any atom is -0.494 e. The Balaban J connectivity index is 1.29. The van der Waals surface area contributed by atoms with E-state index in [9.17, 15) is 4.79 Å². The minimum absolute atomic E-state index is 0.117. The lowest BCUT2D eigenvalue weighted by Gasteiger charge is -2.39. The standard InChI is InChI=1S/C26H33N3O2S/c1-3-31-23-11-9-22(10-12-23)24(30)28-16-13-26(14-17-28)15-18-29(19-26)25(32)27-20(2)21-7-5-4-6-8-21/h4-12,20H,3,13-19H2,1-2H3,(H,27,32). The maximum absolute atomic E-state index is 12.9. The number of piperidine rings is 1. The summed E-state index contributed by atoms with van der Waals surface area (Å²) in [5, 5.41) is 4.34. The van der Waals surface area contributed by atoms with Crippen molar-refractivity contribution in [1.29, 1.82) is 0 Å². The van der Waals surface area contributed by atoms with Crippen molar-refractivity contribution in [3.05, 3.63) is 65.7 Å². The van der Waals surface area contributed by atoms with E-state index in [0.717, 1.165) is 61.9 Å². The number of amides is 1. The first-order valence-electron chi connectivity index (χ1n) is 11.6. The molecule has 0 bridgehead atoms. The number of ether oxygens (including phenoxy) is 1. The molecule has 1 spiro atoms. The van der Waals surface area contributed by atoms with Gasteiger partial charge in [0.1, 0.15) is 5.75 Å². The van der Waals surface area contributed by atoms with Crippen LogP contribution in [0.1, 0.15) is 55.1 Å². The van der Waals surface area contributed by atoms with E-state index in [1.54, 1.807) is 0 Å². The molecular weight excluding hydrogens is 418 g/mol. The van der Waals surface area contributed by atoms with Crippen LogP contribution >= 0.6 is 12.2 Å². The Morgan fingerprint density at radius 3 is 2.28 bits per heavy atom. The number of carbonyl (C=O) groups is 1. The van der Waals surface area contributed by atoms with Crippen LogP contribution in [0, 0.1) is 5.41 Å². The largest absolute Gasteiger partial charge is 0.494 e. The molecule has 1 N–H and O–H groups in total. The van der Waals surface area contributed by atoms with Crippen molar-refractivity contribution in [3.8, 4) is 5.75 Å². The van der Waals surface area contributed by atoms with Crippen molar-refractivity contribution in [2.24, 2.45) is 5.41 Å². The fraction of sp³-hybridized carbons (Fsp3) is 0.462. The highest BCUT2D eigenvalue weighted by atomic mass is 32.1. The van der Waals surface area contributed by atoms with Gasteiger partial charge in [-0.15, -0.1) is 0 Å². The number of nitrogens with zero attached hydrogens (tertiary/aromatic N) is 2. The Labute approximate surface area is 196 Å². The van der Waals surface area contributed by atoms with E-state index in [1.165, 1.54) is 5.56 Å². The van der Waals surface area contributed by atoms with Crippen LogP contribution in [-0.2, 0) is 0 Å². The SMILES string of the molecule is CCOc1ccc(C(=O)N2CCC3(CC2)CCN(C(=S)NC(C)c2ccccc2)C3)cc1. The molecule has 2 fully saturated rings. The fourth-order valence-electron chi connectivity index (χ4n) is 4.85. The lowest BCUT2D eigenvalue weighted by atomic mass is 9.77.